The number of nitrogens with one attached hydrogen (secondary N) is 1. The summed E-state index contributed by atoms with van der Waals surface area (Å²) in [5, 5.41) is 12.1. The van der Waals surface area contributed by atoms with Gasteiger partial charge >= 0.3 is 5.97 Å². The number of ether oxygens (including phenoxy) is 2. The zero-order valence-corrected chi connectivity index (χ0v) is 13.2. The van der Waals surface area contributed by atoms with E-state index >= 15 is 0 Å². The minimum atomic E-state index is -1.01. The predicted octanol–water partition coefficient (Wildman–Crippen LogP) is 2.29. The van der Waals surface area contributed by atoms with Gasteiger partial charge in [0.2, 0.25) is 11.8 Å². The summed E-state index contributed by atoms with van der Waals surface area (Å²) >= 11 is 0. The largest absolute Gasteiger partial charge is 0.480 e. The molecule has 0 atom stereocenters. The highest BCUT2D eigenvalue weighted by Gasteiger charge is 2.40. The van der Waals surface area contributed by atoms with Crippen molar-refractivity contribution in [2.45, 2.75) is 32.1 Å². The number of hydrogen-bond acceptors (Lipinski definition) is 6. The molecule has 1 aromatic rings. The average Bonchev–Trinajstić information content (AvgIpc) is 2.61. The summed E-state index contributed by atoms with van der Waals surface area (Å²) in [5.74, 6) is -0.858. The number of carbonyl (C=O) groups excluding carboxylic acids is 2. The normalized spacial score (nSPS) is 16.0. The van der Waals surface area contributed by atoms with Crippen LogP contribution in [-0.4, -0.2) is 31.1 Å². The SMILES string of the molecule is COC(=O)c1cc(NC(=O)C2(C#N)CCCCC2)cnc1OC. The van der Waals surface area contributed by atoms with Crippen molar-refractivity contribution in [1.82, 2.24) is 4.98 Å². The van der Waals surface area contributed by atoms with Crippen molar-refractivity contribution in [1.29, 1.82) is 5.26 Å². The lowest BCUT2D eigenvalue weighted by Crippen LogP contribution is -2.36. The number of nitriles is 1. The summed E-state index contributed by atoms with van der Waals surface area (Å²) in [6, 6.07) is 3.59. The Hall–Kier alpha value is -2.62. The van der Waals surface area contributed by atoms with Crippen LogP contribution in [0.5, 0.6) is 5.88 Å². The third-order valence-corrected chi connectivity index (χ3v) is 4.06. The van der Waals surface area contributed by atoms with Gasteiger partial charge < -0.3 is 14.8 Å². The second-order valence-electron chi connectivity index (χ2n) is 5.48. The zero-order valence-electron chi connectivity index (χ0n) is 13.2. The van der Waals surface area contributed by atoms with Crippen molar-refractivity contribution in [2.75, 3.05) is 19.5 Å². The third kappa shape index (κ3) is 3.42. The van der Waals surface area contributed by atoms with Gasteiger partial charge in [0, 0.05) is 0 Å². The molecule has 1 heterocycles. The number of aromatic nitrogens is 1. The van der Waals surface area contributed by atoms with Gasteiger partial charge in [-0.1, -0.05) is 19.3 Å². The zero-order chi connectivity index (χ0) is 16.9. The van der Waals surface area contributed by atoms with Crippen LogP contribution in [0, 0.1) is 16.7 Å². The second-order valence-corrected chi connectivity index (χ2v) is 5.48. The molecule has 0 spiro atoms. The van der Waals surface area contributed by atoms with Crippen LogP contribution >= 0.6 is 0 Å². The van der Waals surface area contributed by atoms with E-state index < -0.39 is 11.4 Å². The Balaban J connectivity index is 2.24. The van der Waals surface area contributed by atoms with Crippen molar-refractivity contribution < 1.29 is 19.1 Å². The summed E-state index contributed by atoms with van der Waals surface area (Å²) in [6.07, 6.45) is 5.22. The maximum absolute atomic E-state index is 12.5. The molecule has 1 aliphatic rings. The molecule has 1 N–H and O–H groups in total. The van der Waals surface area contributed by atoms with Gasteiger partial charge in [0.1, 0.15) is 11.0 Å². The van der Waals surface area contributed by atoms with E-state index in [1.807, 2.05) is 0 Å². The van der Waals surface area contributed by atoms with Crippen LogP contribution in [0.3, 0.4) is 0 Å². The highest BCUT2D eigenvalue weighted by molar-refractivity contribution is 5.99. The van der Waals surface area contributed by atoms with E-state index in [9.17, 15) is 14.9 Å². The van der Waals surface area contributed by atoms with Gasteiger partial charge in [-0.2, -0.15) is 5.26 Å². The van der Waals surface area contributed by atoms with Gasteiger partial charge in [0.15, 0.2) is 0 Å². The lowest BCUT2D eigenvalue weighted by Gasteiger charge is -2.29. The van der Waals surface area contributed by atoms with Gasteiger partial charge in [-0.3, -0.25) is 4.79 Å². The first kappa shape index (κ1) is 16.7. The van der Waals surface area contributed by atoms with Crippen LogP contribution in [0.25, 0.3) is 0 Å². The van der Waals surface area contributed by atoms with E-state index in [0.29, 0.717) is 18.5 Å². The topological polar surface area (TPSA) is 101 Å². The summed E-state index contributed by atoms with van der Waals surface area (Å²) in [4.78, 5) is 28.3. The molecular weight excluding hydrogens is 298 g/mol. The summed E-state index contributed by atoms with van der Waals surface area (Å²) in [7, 11) is 2.64. The van der Waals surface area contributed by atoms with Crippen LogP contribution in [-0.2, 0) is 9.53 Å². The lowest BCUT2D eigenvalue weighted by molar-refractivity contribution is -0.124. The molecule has 0 aliphatic heterocycles. The van der Waals surface area contributed by atoms with Gasteiger partial charge in [0.05, 0.1) is 32.2 Å². The number of anilines is 1. The molecule has 1 aliphatic carbocycles. The van der Waals surface area contributed by atoms with Gasteiger partial charge in [-0.15, -0.1) is 0 Å². The fourth-order valence-corrected chi connectivity index (χ4v) is 2.74. The molecule has 1 amide bonds. The predicted molar refractivity (Wildman–Crippen MR) is 81.9 cm³/mol. The monoisotopic (exact) mass is 317 g/mol. The molecule has 7 nitrogen and oxygen atoms in total. The van der Waals surface area contributed by atoms with Gasteiger partial charge in [-0.05, 0) is 18.9 Å². The quantitative estimate of drug-likeness (QED) is 0.855. The maximum Gasteiger partial charge on any atom is 0.343 e. The molecule has 0 radical (unpaired) electrons. The fraction of sp³-hybridized carbons (Fsp3) is 0.500. The fourth-order valence-electron chi connectivity index (χ4n) is 2.74. The molecule has 7 heteroatoms. The van der Waals surface area contributed by atoms with Gasteiger partial charge in [0.25, 0.3) is 0 Å². The van der Waals surface area contributed by atoms with E-state index in [1.165, 1.54) is 26.5 Å². The van der Waals surface area contributed by atoms with E-state index in [-0.39, 0.29) is 17.4 Å². The first-order valence-corrected chi connectivity index (χ1v) is 7.41. The Morgan fingerprint density at radius 2 is 2.00 bits per heavy atom. The molecule has 1 aromatic heterocycles. The van der Waals surface area contributed by atoms with Gasteiger partial charge in [-0.25, -0.2) is 9.78 Å². The van der Waals surface area contributed by atoms with Crippen molar-refractivity contribution >= 4 is 17.6 Å². The minimum absolute atomic E-state index is 0.113. The van der Waals surface area contributed by atoms with Crippen LogP contribution < -0.4 is 10.1 Å². The van der Waals surface area contributed by atoms with Crippen LogP contribution in [0.15, 0.2) is 12.3 Å². The molecular formula is C16H19N3O4. The number of nitrogens with zero attached hydrogens (tertiary/aromatic N) is 2. The number of esters is 1. The number of carbonyl (C=O) groups is 2. The van der Waals surface area contributed by atoms with Crippen LogP contribution in [0.4, 0.5) is 5.69 Å². The van der Waals surface area contributed by atoms with Crippen molar-refractivity contribution in [3.8, 4) is 11.9 Å². The lowest BCUT2D eigenvalue weighted by atomic mass is 9.74. The summed E-state index contributed by atoms with van der Waals surface area (Å²) < 4.78 is 9.68. The van der Waals surface area contributed by atoms with Crippen LogP contribution in [0.2, 0.25) is 0 Å². The molecule has 122 valence electrons. The van der Waals surface area contributed by atoms with Crippen LogP contribution in [0.1, 0.15) is 42.5 Å². The molecule has 1 fully saturated rings. The molecule has 0 saturated heterocycles. The Labute approximate surface area is 134 Å². The number of methoxy groups -OCH3 is 2. The van der Waals surface area contributed by atoms with E-state index in [2.05, 4.69) is 21.1 Å². The minimum Gasteiger partial charge on any atom is -0.480 e. The standard InChI is InChI=1S/C16H19N3O4/c1-22-13-12(14(20)23-2)8-11(9-18-13)19-15(21)16(10-17)6-4-3-5-7-16/h8-9H,3-7H2,1-2H3,(H,19,21). The number of rotatable bonds is 4. The number of pyridine rings is 1. The number of amides is 1. The average molecular weight is 317 g/mol. The van der Waals surface area contributed by atoms with E-state index in [1.54, 1.807) is 0 Å². The molecule has 1 saturated carbocycles. The first-order chi connectivity index (χ1) is 11.1. The summed E-state index contributed by atoms with van der Waals surface area (Å²) in [6.45, 7) is 0. The number of hydrogen-bond donors (Lipinski definition) is 1. The van der Waals surface area contributed by atoms with Crippen molar-refractivity contribution in [2.24, 2.45) is 5.41 Å². The Kier molecular flexibility index (Phi) is 5.16. The van der Waals surface area contributed by atoms with Crippen molar-refractivity contribution in [3.63, 3.8) is 0 Å². The highest BCUT2D eigenvalue weighted by Crippen LogP contribution is 2.36. The second kappa shape index (κ2) is 7.09. The Morgan fingerprint density at radius 1 is 1.30 bits per heavy atom. The molecule has 0 unspecified atom stereocenters. The molecule has 0 aromatic carbocycles. The van der Waals surface area contributed by atoms with E-state index in [4.69, 9.17) is 4.74 Å². The van der Waals surface area contributed by atoms with E-state index in [0.717, 1.165) is 19.3 Å². The maximum atomic E-state index is 12.5. The molecule has 23 heavy (non-hydrogen) atoms. The first-order valence-electron chi connectivity index (χ1n) is 7.41. The molecule has 0 bridgehead atoms. The third-order valence-electron chi connectivity index (χ3n) is 4.06. The van der Waals surface area contributed by atoms with Crippen molar-refractivity contribution in [3.05, 3.63) is 17.8 Å². The summed E-state index contributed by atoms with van der Waals surface area (Å²) in [5.41, 5.74) is -0.567. The Morgan fingerprint density at radius 3 is 2.57 bits per heavy atom. The highest BCUT2D eigenvalue weighted by atomic mass is 16.5. The smallest absolute Gasteiger partial charge is 0.343 e. The molecule has 2 rings (SSSR count). The Bertz CT molecular complexity index is 645.